The number of nitrogens with zero attached hydrogens (tertiary/aromatic N) is 1. The fraction of sp³-hybridized carbons (Fsp3) is 0.545. The van der Waals surface area contributed by atoms with E-state index in [-0.39, 0.29) is 5.92 Å². The van der Waals surface area contributed by atoms with E-state index in [1.807, 2.05) is 26.0 Å². The van der Waals surface area contributed by atoms with Gasteiger partial charge in [-0.25, -0.2) is 0 Å². The van der Waals surface area contributed by atoms with Crippen molar-refractivity contribution in [2.75, 3.05) is 0 Å². The van der Waals surface area contributed by atoms with Gasteiger partial charge in [0, 0.05) is 6.20 Å². The molecule has 1 aromatic rings. The predicted octanol–water partition coefficient (Wildman–Crippen LogP) is 2.47. The molecule has 1 N–H and O–H groups in total. The third-order valence-electron chi connectivity index (χ3n) is 2.51. The zero-order valence-corrected chi connectivity index (χ0v) is 8.49. The van der Waals surface area contributed by atoms with Crippen LogP contribution in [0.4, 0.5) is 0 Å². The Balaban J connectivity index is 2.88. The van der Waals surface area contributed by atoms with Crippen molar-refractivity contribution in [3.8, 4) is 0 Å². The van der Waals surface area contributed by atoms with Gasteiger partial charge in [0.25, 0.3) is 0 Å². The molecule has 72 valence electrons. The molecule has 0 saturated heterocycles. The predicted molar refractivity (Wildman–Crippen MR) is 53.4 cm³/mol. The lowest BCUT2D eigenvalue weighted by Crippen LogP contribution is -2.11. The SMILES string of the molecule is CCC(C)C(O)c1ncccc1C. The molecule has 0 fully saturated rings. The number of aliphatic hydroxyl groups is 1. The molecule has 1 aromatic heterocycles. The van der Waals surface area contributed by atoms with E-state index < -0.39 is 6.10 Å². The van der Waals surface area contributed by atoms with E-state index >= 15 is 0 Å². The highest BCUT2D eigenvalue weighted by atomic mass is 16.3. The highest BCUT2D eigenvalue weighted by Gasteiger charge is 2.17. The standard InChI is InChI=1S/C11H17NO/c1-4-8(2)11(13)10-9(3)6-5-7-12-10/h5-8,11,13H,4H2,1-3H3. The second-order valence-corrected chi connectivity index (χ2v) is 3.54. The average Bonchev–Trinajstić information content (AvgIpc) is 2.16. The summed E-state index contributed by atoms with van der Waals surface area (Å²) in [6, 6.07) is 3.87. The van der Waals surface area contributed by atoms with E-state index in [2.05, 4.69) is 11.9 Å². The third kappa shape index (κ3) is 2.28. The monoisotopic (exact) mass is 179 g/mol. The molecule has 0 aromatic carbocycles. The molecular weight excluding hydrogens is 162 g/mol. The molecule has 0 aliphatic heterocycles. The van der Waals surface area contributed by atoms with Crippen LogP contribution in [0.2, 0.25) is 0 Å². The molecule has 0 saturated carbocycles. The molecule has 0 aliphatic carbocycles. The molecule has 0 bridgehead atoms. The molecule has 0 spiro atoms. The Bertz CT molecular complexity index is 273. The van der Waals surface area contributed by atoms with Crippen molar-refractivity contribution in [3.05, 3.63) is 29.6 Å². The van der Waals surface area contributed by atoms with Gasteiger partial charge in [-0.05, 0) is 24.5 Å². The second kappa shape index (κ2) is 4.38. The lowest BCUT2D eigenvalue weighted by atomic mass is 9.96. The Hall–Kier alpha value is -0.890. The zero-order chi connectivity index (χ0) is 9.84. The summed E-state index contributed by atoms with van der Waals surface area (Å²) < 4.78 is 0. The number of aryl methyl sites for hydroxylation is 1. The summed E-state index contributed by atoms with van der Waals surface area (Å²) in [5.41, 5.74) is 1.88. The first-order valence-corrected chi connectivity index (χ1v) is 4.76. The van der Waals surface area contributed by atoms with Crippen molar-refractivity contribution >= 4 is 0 Å². The second-order valence-electron chi connectivity index (χ2n) is 3.54. The molecular formula is C11H17NO. The van der Waals surface area contributed by atoms with Crippen molar-refractivity contribution in [2.45, 2.75) is 33.3 Å². The van der Waals surface area contributed by atoms with Gasteiger partial charge in [-0.15, -0.1) is 0 Å². The van der Waals surface area contributed by atoms with Crippen LogP contribution in [0, 0.1) is 12.8 Å². The minimum atomic E-state index is -0.425. The summed E-state index contributed by atoms with van der Waals surface area (Å²) in [7, 11) is 0. The topological polar surface area (TPSA) is 33.1 Å². The maximum Gasteiger partial charge on any atom is 0.0987 e. The smallest absolute Gasteiger partial charge is 0.0987 e. The van der Waals surface area contributed by atoms with Crippen LogP contribution in [0.15, 0.2) is 18.3 Å². The lowest BCUT2D eigenvalue weighted by molar-refractivity contribution is 0.110. The maximum atomic E-state index is 9.91. The molecule has 2 atom stereocenters. The molecule has 0 radical (unpaired) electrons. The van der Waals surface area contributed by atoms with E-state index in [0.717, 1.165) is 17.7 Å². The van der Waals surface area contributed by atoms with Gasteiger partial charge in [0.05, 0.1) is 11.8 Å². The van der Waals surface area contributed by atoms with Crippen molar-refractivity contribution in [1.29, 1.82) is 0 Å². The molecule has 0 aliphatic rings. The number of aromatic nitrogens is 1. The number of aliphatic hydroxyl groups excluding tert-OH is 1. The van der Waals surface area contributed by atoms with Gasteiger partial charge in [0.2, 0.25) is 0 Å². The minimum Gasteiger partial charge on any atom is -0.387 e. The van der Waals surface area contributed by atoms with Crippen molar-refractivity contribution in [2.24, 2.45) is 5.92 Å². The van der Waals surface area contributed by atoms with Gasteiger partial charge in [-0.2, -0.15) is 0 Å². The summed E-state index contributed by atoms with van der Waals surface area (Å²) in [5, 5.41) is 9.91. The fourth-order valence-electron chi connectivity index (χ4n) is 1.30. The van der Waals surface area contributed by atoms with Crippen LogP contribution in [0.25, 0.3) is 0 Å². The average molecular weight is 179 g/mol. The van der Waals surface area contributed by atoms with Crippen LogP contribution in [-0.4, -0.2) is 10.1 Å². The molecule has 2 unspecified atom stereocenters. The normalized spacial score (nSPS) is 15.4. The largest absolute Gasteiger partial charge is 0.387 e. The van der Waals surface area contributed by atoms with Crippen LogP contribution >= 0.6 is 0 Å². The van der Waals surface area contributed by atoms with Gasteiger partial charge in [-0.1, -0.05) is 26.3 Å². The number of pyridine rings is 1. The molecule has 2 heteroatoms. The summed E-state index contributed by atoms with van der Waals surface area (Å²) in [6.07, 6.45) is 2.27. The van der Waals surface area contributed by atoms with Crippen molar-refractivity contribution in [3.63, 3.8) is 0 Å². The highest BCUT2D eigenvalue weighted by molar-refractivity contribution is 5.20. The Morgan fingerprint density at radius 2 is 2.23 bits per heavy atom. The Morgan fingerprint density at radius 1 is 1.54 bits per heavy atom. The fourth-order valence-corrected chi connectivity index (χ4v) is 1.30. The summed E-state index contributed by atoms with van der Waals surface area (Å²) in [6.45, 7) is 6.10. The molecule has 13 heavy (non-hydrogen) atoms. The Morgan fingerprint density at radius 3 is 2.77 bits per heavy atom. The molecule has 1 heterocycles. The third-order valence-corrected chi connectivity index (χ3v) is 2.51. The van der Waals surface area contributed by atoms with Gasteiger partial charge in [-0.3, -0.25) is 4.98 Å². The van der Waals surface area contributed by atoms with Gasteiger partial charge in [0.1, 0.15) is 0 Å². The van der Waals surface area contributed by atoms with Crippen molar-refractivity contribution < 1.29 is 5.11 Å². The number of hydrogen-bond acceptors (Lipinski definition) is 2. The summed E-state index contributed by atoms with van der Waals surface area (Å²) in [4.78, 5) is 4.20. The van der Waals surface area contributed by atoms with E-state index in [9.17, 15) is 5.11 Å². The van der Waals surface area contributed by atoms with Crippen LogP contribution in [-0.2, 0) is 0 Å². The Kier molecular flexibility index (Phi) is 3.43. The highest BCUT2D eigenvalue weighted by Crippen LogP contribution is 2.24. The zero-order valence-electron chi connectivity index (χ0n) is 8.49. The first kappa shape index (κ1) is 10.2. The first-order valence-electron chi connectivity index (χ1n) is 4.76. The van der Waals surface area contributed by atoms with Gasteiger partial charge in [0.15, 0.2) is 0 Å². The van der Waals surface area contributed by atoms with Crippen LogP contribution < -0.4 is 0 Å². The maximum absolute atomic E-state index is 9.91. The van der Waals surface area contributed by atoms with E-state index in [1.165, 1.54) is 0 Å². The molecule has 0 amide bonds. The first-order chi connectivity index (χ1) is 6.16. The quantitative estimate of drug-likeness (QED) is 0.773. The van der Waals surface area contributed by atoms with Crippen LogP contribution in [0.1, 0.15) is 37.6 Å². The minimum absolute atomic E-state index is 0.272. The lowest BCUT2D eigenvalue weighted by Gasteiger charge is -2.17. The van der Waals surface area contributed by atoms with E-state index in [4.69, 9.17) is 0 Å². The molecule has 1 rings (SSSR count). The number of hydrogen-bond donors (Lipinski definition) is 1. The van der Waals surface area contributed by atoms with Crippen LogP contribution in [0.5, 0.6) is 0 Å². The van der Waals surface area contributed by atoms with Gasteiger partial charge >= 0.3 is 0 Å². The summed E-state index contributed by atoms with van der Waals surface area (Å²) >= 11 is 0. The van der Waals surface area contributed by atoms with E-state index in [0.29, 0.717) is 0 Å². The summed E-state index contributed by atoms with van der Waals surface area (Å²) in [5.74, 6) is 0.272. The van der Waals surface area contributed by atoms with E-state index in [1.54, 1.807) is 6.20 Å². The number of rotatable bonds is 3. The molecule has 2 nitrogen and oxygen atoms in total. The van der Waals surface area contributed by atoms with Crippen molar-refractivity contribution in [1.82, 2.24) is 4.98 Å². The Labute approximate surface area is 79.6 Å². The van der Waals surface area contributed by atoms with Gasteiger partial charge < -0.3 is 5.11 Å². The van der Waals surface area contributed by atoms with Crippen LogP contribution in [0.3, 0.4) is 0 Å².